The second-order valence-corrected chi connectivity index (χ2v) is 4.56. The summed E-state index contributed by atoms with van der Waals surface area (Å²) in [5.41, 5.74) is 1.91. The number of oxazole rings is 1. The second-order valence-electron chi connectivity index (χ2n) is 4.56. The van der Waals surface area contributed by atoms with E-state index in [4.69, 9.17) is 8.83 Å². The molecule has 0 spiro atoms. The van der Waals surface area contributed by atoms with Gasteiger partial charge in [-0.3, -0.25) is 15.1 Å². The Bertz CT molecular complexity index is 852. The Morgan fingerprint density at radius 3 is 2.87 bits per heavy atom. The van der Waals surface area contributed by atoms with E-state index < -0.39 is 4.92 Å². The van der Waals surface area contributed by atoms with E-state index in [-0.39, 0.29) is 18.3 Å². The van der Waals surface area contributed by atoms with Crippen LogP contribution in [0.15, 0.2) is 56.7 Å². The third-order valence-electron chi connectivity index (χ3n) is 3.09. The molecule has 0 saturated carbocycles. The Kier molecular flexibility index (Phi) is 3.98. The van der Waals surface area contributed by atoms with Crippen LogP contribution in [0, 0.1) is 10.1 Å². The van der Waals surface area contributed by atoms with Gasteiger partial charge in [-0.2, -0.15) is 0 Å². The summed E-state index contributed by atoms with van der Waals surface area (Å²) < 4.78 is 10.2. The van der Waals surface area contributed by atoms with Crippen molar-refractivity contribution < 1.29 is 18.9 Å². The van der Waals surface area contributed by atoms with Gasteiger partial charge in [0, 0.05) is 5.56 Å². The Balaban J connectivity index is 1.85. The molecule has 0 amide bonds. The maximum absolute atomic E-state index is 10.5. The highest BCUT2D eigenvalue weighted by atomic mass is 16.6. The van der Waals surface area contributed by atoms with Gasteiger partial charge in [-0.1, -0.05) is 0 Å². The average molecular weight is 313 g/mol. The first kappa shape index (κ1) is 14.7. The number of aliphatic hydroxyl groups excluding tert-OH is 1. The zero-order valence-electron chi connectivity index (χ0n) is 11.7. The van der Waals surface area contributed by atoms with Crippen LogP contribution in [0.25, 0.3) is 11.3 Å². The molecule has 3 rings (SSSR count). The molecule has 2 heterocycles. The molecule has 0 fully saturated rings. The lowest BCUT2D eigenvalue weighted by atomic mass is 10.1. The predicted molar refractivity (Wildman–Crippen MR) is 80.5 cm³/mol. The molecule has 8 nitrogen and oxygen atoms in total. The molecule has 0 saturated heterocycles. The number of aliphatic hydroxyl groups is 1. The van der Waals surface area contributed by atoms with E-state index in [1.807, 2.05) is 0 Å². The lowest BCUT2D eigenvalue weighted by Crippen LogP contribution is -1.88. The van der Waals surface area contributed by atoms with E-state index in [1.54, 1.807) is 24.4 Å². The van der Waals surface area contributed by atoms with Crippen molar-refractivity contribution in [2.45, 2.75) is 6.61 Å². The SMILES string of the molecule is O=[N+]([O-])c1ccc(/C=N/c2ccc(-c3cnco3)c(CO)c2)o1. The topological polar surface area (TPSA) is 115 Å². The molecule has 23 heavy (non-hydrogen) atoms. The van der Waals surface area contributed by atoms with Crippen molar-refractivity contribution in [3.63, 3.8) is 0 Å². The summed E-state index contributed by atoms with van der Waals surface area (Å²) in [6, 6.07) is 7.88. The molecule has 0 bridgehead atoms. The highest BCUT2D eigenvalue weighted by Crippen LogP contribution is 2.27. The summed E-state index contributed by atoms with van der Waals surface area (Å²) in [6.45, 7) is -0.189. The molecule has 0 aliphatic heterocycles. The molecule has 116 valence electrons. The maximum atomic E-state index is 10.5. The third kappa shape index (κ3) is 3.16. The van der Waals surface area contributed by atoms with Gasteiger partial charge in [0.1, 0.15) is 4.92 Å². The van der Waals surface area contributed by atoms with Crippen molar-refractivity contribution in [2.75, 3.05) is 0 Å². The largest absolute Gasteiger partial charge is 0.444 e. The number of hydrogen-bond donors (Lipinski definition) is 1. The lowest BCUT2D eigenvalue weighted by Gasteiger charge is -2.05. The fourth-order valence-corrected chi connectivity index (χ4v) is 2.03. The fourth-order valence-electron chi connectivity index (χ4n) is 2.03. The minimum atomic E-state index is -0.618. The van der Waals surface area contributed by atoms with Crippen molar-refractivity contribution in [1.29, 1.82) is 0 Å². The van der Waals surface area contributed by atoms with Crippen LogP contribution in [0.2, 0.25) is 0 Å². The molecule has 8 heteroatoms. The summed E-state index contributed by atoms with van der Waals surface area (Å²) in [4.78, 5) is 18.0. The third-order valence-corrected chi connectivity index (χ3v) is 3.09. The summed E-state index contributed by atoms with van der Waals surface area (Å²) in [5.74, 6) is 0.468. The predicted octanol–water partition coefficient (Wildman–Crippen LogP) is 3.09. The highest BCUT2D eigenvalue weighted by Gasteiger charge is 2.11. The van der Waals surface area contributed by atoms with Crippen molar-refractivity contribution in [3.8, 4) is 11.3 Å². The molecule has 0 aliphatic rings. The first-order chi connectivity index (χ1) is 11.2. The van der Waals surface area contributed by atoms with Gasteiger partial charge in [0.15, 0.2) is 17.9 Å². The van der Waals surface area contributed by atoms with Crippen LogP contribution in [0.3, 0.4) is 0 Å². The van der Waals surface area contributed by atoms with E-state index in [2.05, 4.69) is 9.98 Å². The van der Waals surface area contributed by atoms with Crippen molar-refractivity contribution in [1.82, 2.24) is 4.98 Å². The molecule has 0 unspecified atom stereocenters. The minimum absolute atomic E-state index is 0.189. The first-order valence-corrected chi connectivity index (χ1v) is 6.58. The highest BCUT2D eigenvalue weighted by molar-refractivity contribution is 5.79. The van der Waals surface area contributed by atoms with Crippen LogP contribution in [0.1, 0.15) is 11.3 Å². The summed E-state index contributed by atoms with van der Waals surface area (Å²) in [5, 5.41) is 20.0. The number of nitrogens with zero attached hydrogens (tertiary/aromatic N) is 3. The molecule has 0 atom stereocenters. The molecule has 2 aromatic heterocycles. The van der Waals surface area contributed by atoms with E-state index in [9.17, 15) is 15.2 Å². The standard InChI is InChI=1S/C15H11N3O5/c19-8-10-5-11(1-3-13(10)14-7-16-9-22-14)17-6-12-2-4-15(23-12)18(20)21/h1-7,9,19H,8H2/b17-6+. The Labute approximate surface area is 129 Å². The van der Waals surface area contributed by atoms with Gasteiger partial charge in [-0.05, 0) is 29.8 Å². The monoisotopic (exact) mass is 313 g/mol. The Morgan fingerprint density at radius 2 is 2.22 bits per heavy atom. The smallest absolute Gasteiger partial charge is 0.433 e. The van der Waals surface area contributed by atoms with E-state index in [0.29, 0.717) is 17.0 Å². The number of furan rings is 1. The van der Waals surface area contributed by atoms with Gasteiger partial charge in [0.05, 0.1) is 30.8 Å². The Morgan fingerprint density at radius 1 is 1.35 bits per heavy atom. The van der Waals surface area contributed by atoms with Crippen molar-refractivity contribution in [2.24, 2.45) is 4.99 Å². The zero-order valence-corrected chi connectivity index (χ0v) is 11.7. The zero-order chi connectivity index (χ0) is 16.2. The van der Waals surface area contributed by atoms with Gasteiger partial charge in [-0.15, -0.1) is 0 Å². The molecule has 1 aromatic carbocycles. The van der Waals surface area contributed by atoms with E-state index in [0.717, 1.165) is 5.56 Å². The van der Waals surface area contributed by atoms with Crippen LogP contribution in [0.5, 0.6) is 0 Å². The van der Waals surface area contributed by atoms with Gasteiger partial charge < -0.3 is 13.9 Å². The van der Waals surface area contributed by atoms with E-state index >= 15 is 0 Å². The maximum Gasteiger partial charge on any atom is 0.433 e. The number of benzene rings is 1. The summed E-state index contributed by atoms with van der Waals surface area (Å²) in [6.07, 6.45) is 4.24. The number of nitro groups is 1. The summed E-state index contributed by atoms with van der Waals surface area (Å²) >= 11 is 0. The van der Waals surface area contributed by atoms with Gasteiger partial charge in [0.25, 0.3) is 0 Å². The Hall–Kier alpha value is -3.26. The van der Waals surface area contributed by atoms with Crippen molar-refractivity contribution in [3.05, 3.63) is 64.4 Å². The molecule has 0 radical (unpaired) electrons. The van der Waals surface area contributed by atoms with E-state index in [1.165, 1.54) is 24.7 Å². The van der Waals surface area contributed by atoms with Crippen LogP contribution >= 0.6 is 0 Å². The number of aliphatic imine (C=N–C) groups is 1. The van der Waals surface area contributed by atoms with Gasteiger partial charge in [-0.25, -0.2) is 4.98 Å². The number of rotatable bonds is 5. The fraction of sp³-hybridized carbons (Fsp3) is 0.0667. The molecule has 0 aliphatic carbocycles. The van der Waals surface area contributed by atoms with Crippen LogP contribution in [-0.4, -0.2) is 21.2 Å². The number of aromatic nitrogens is 1. The first-order valence-electron chi connectivity index (χ1n) is 6.58. The number of hydrogen-bond acceptors (Lipinski definition) is 7. The van der Waals surface area contributed by atoms with Gasteiger partial charge >= 0.3 is 5.88 Å². The lowest BCUT2D eigenvalue weighted by molar-refractivity contribution is -0.402. The normalized spacial score (nSPS) is 11.2. The average Bonchev–Trinajstić information content (AvgIpc) is 3.24. The molecule has 3 aromatic rings. The molecule has 1 N–H and O–H groups in total. The van der Waals surface area contributed by atoms with Crippen LogP contribution < -0.4 is 0 Å². The second kappa shape index (κ2) is 6.24. The summed E-state index contributed by atoms with van der Waals surface area (Å²) in [7, 11) is 0. The minimum Gasteiger partial charge on any atom is -0.444 e. The van der Waals surface area contributed by atoms with Crippen molar-refractivity contribution >= 4 is 17.8 Å². The van der Waals surface area contributed by atoms with Crippen LogP contribution in [-0.2, 0) is 6.61 Å². The van der Waals surface area contributed by atoms with Gasteiger partial charge in [0.2, 0.25) is 0 Å². The molecular formula is C15H11N3O5. The quantitative estimate of drug-likeness (QED) is 0.439. The van der Waals surface area contributed by atoms with Crippen LogP contribution in [0.4, 0.5) is 11.6 Å². The molecular weight excluding hydrogens is 302 g/mol.